The SMILES string of the molecule is COc1ccc(N2CCN(C=O)CC2)cc1NS(C)(=O)=O. The molecular formula is C13H19N3O4S. The van der Waals surface area contributed by atoms with Gasteiger partial charge in [0.15, 0.2) is 0 Å². The summed E-state index contributed by atoms with van der Waals surface area (Å²) in [4.78, 5) is 14.5. The molecule has 1 N–H and O–H groups in total. The predicted molar refractivity (Wildman–Crippen MR) is 81.3 cm³/mol. The summed E-state index contributed by atoms with van der Waals surface area (Å²) in [5.41, 5.74) is 1.31. The number of carbonyl (C=O) groups excluding carboxylic acids is 1. The van der Waals surface area contributed by atoms with Crippen molar-refractivity contribution in [1.82, 2.24) is 4.90 Å². The van der Waals surface area contributed by atoms with Crippen molar-refractivity contribution in [3.63, 3.8) is 0 Å². The van der Waals surface area contributed by atoms with Crippen LogP contribution in [-0.4, -0.2) is 59.3 Å². The number of hydrogen-bond donors (Lipinski definition) is 1. The maximum absolute atomic E-state index is 11.4. The zero-order valence-electron chi connectivity index (χ0n) is 12.1. The van der Waals surface area contributed by atoms with E-state index in [0.29, 0.717) is 37.6 Å². The lowest BCUT2D eigenvalue weighted by Crippen LogP contribution is -2.45. The molecule has 1 saturated heterocycles. The summed E-state index contributed by atoms with van der Waals surface area (Å²) >= 11 is 0. The molecule has 1 heterocycles. The van der Waals surface area contributed by atoms with E-state index in [1.165, 1.54) is 7.11 Å². The van der Waals surface area contributed by atoms with Crippen LogP contribution in [0.15, 0.2) is 18.2 Å². The number of carbonyl (C=O) groups is 1. The fourth-order valence-corrected chi connectivity index (χ4v) is 2.82. The van der Waals surface area contributed by atoms with Crippen LogP contribution >= 0.6 is 0 Å². The van der Waals surface area contributed by atoms with Crippen LogP contribution in [0, 0.1) is 0 Å². The number of anilines is 2. The van der Waals surface area contributed by atoms with Crippen molar-refractivity contribution in [2.24, 2.45) is 0 Å². The van der Waals surface area contributed by atoms with Gasteiger partial charge in [-0.3, -0.25) is 9.52 Å². The second-order valence-corrected chi connectivity index (χ2v) is 6.64. The molecule has 1 aromatic rings. The van der Waals surface area contributed by atoms with Gasteiger partial charge in [0.25, 0.3) is 0 Å². The molecule has 1 aliphatic rings. The number of methoxy groups -OCH3 is 1. The first-order chi connectivity index (χ1) is 9.93. The molecule has 116 valence electrons. The Balaban J connectivity index is 2.21. The number of piperazine rings is 1. The largest absolute Gasteiger partial charge is 0.495 e. The summed E-state index contributed by atoms with van der Waals surface area (Å²) in [6, 6.07) is 5.36. The molecule has 8 heteroatoms. The molecule has 7 nitrogen and oxygen atoms in total. The number of nitrogens with one attached hydrogen (secondary N) is 1. The van der Waals surface area contributed by atoms with Gasteiger partial charge in [-0.15, -0.1) is 0 Å². The summed E-state index contributed by atoms with van der Waals surface area (Å²) in [6.07, 6.45) is 1.95. The Morgan fingerprint density at radius 1 is 1.24 bits per heavy atom. The highest BCUT2D eigenvalue weighted by molar-refractivity contribution is 7.92. The van der Waals surface area contributed by atoms with E-state index in [2.05, 4.69) is 9.62 Å². The van der Waals surface area contributed by atoms with Crippen LogP contribution in [0.5, 0.6) is 5.75 Å². The van der Waals surface area contributed by atoms with Gasteiger partial charge in [-0.1, -0.05) is 0 Å². The van der Waals surface area contributed by atoms with Gasteiger partial charge in [0.2, 0.25) is 16.4 Å². The van der Waals surface area contributed by atoms with Gasteiger partial charge in [-0.25, -0.2) is 8.42 Å². The number of sulfonamides is 1. The molecule has 0 radical (unpaired) electrons. The summed E-state index contributed by atoms with van der Waals surface area (Å²) in [7, 11) is -1.88. The fraction of sp³-hybridized carbons (Fsp3) is 0.462. The molecule has 1 aliphatic heterocycles. The standard InChI is InChI=1S/C13H19N3O4S/c1-20-13-4-3-11(9-12(13)14-21(2,18)19)16-7-5-15(10-17)6-8-16/h3-4,9-10,14H,5-8H2,1-2H3. The number of rotatable bonds is 5. The molecule has 0 spiro atoms. The van der Waals surface area contributed by atoms with Crippen LogP contribution < -0.4 is 14.4 Å². The normalized spacial score (nSPS) is 15.7. The maximum atomic E-state index is 11.4. The molecule has 0 bridgehead atoms. The minimum Gasteiger partial charge on any atom is -0.495 e. The van der Waals surface area contributed by atoms with Gasteiger partial charge in [-0.05, 0) is 18.2 Å². The van der Waals surface area contributed by atoms with E-state index in [1.807, 2.05) is 6.07 Å². The fourth-order valence-electron chi connectivity index (χ4n) is 2.26. The van der Waals surface area contributed by atoms with Gasteiger partial charge < -0.3 is 14.5 Å². The molecule has 0 atom stereocenters. The molecular weight excluding hydrogens is 294 g/mol. The quantitative estimate of drug-likeness (QED) is 0.793. The first kappa shape index (κ1) is 15.4. The second kappa shape index (κ2) is 6.21. The van der Waals surface area contributed by atoms with Crippen molar-refractivity contribution in [2.75, 3.05) is 49.2 Å². The number of ether oxygens (including phenoxy) is 1. The Hall–Kier alpha value is -1.96. The Bertz CT molecular complexity index is 610. The second-order valence-electron chi connectivity index (χ2n) is 4.89. The molecule has 1 aromatic carbocycles. The van der Waals surface area contributed by atoms with Gasteiger partial charge >= 0.3 is 0 Å². The van der Waals surface area contributed by atoms with Crippen molar-refractivity contribution in [1.29, 1.82) is 0 Å². The smallest absolute Gasteiger partial charge is 0.229 e. The molecule has 0 aliphatic carbocycles. The van der Waals surface area contributed by atoms with Crippen LogP contribution in [0.25, 0.3) is 0 Å². The zero-order valence-corrected chi connectivity index (χ0v) is 12.9. The highest BCUT2D eigenvalue weighted by Gasteiger charge is 2.17. The lowest BCUT2D eigenvalue weighted by molar-refractivity contribution is -0.118. The monoisotopic (exact) mass is 313 g/mol. The molecule has 1 amide bonds. The minimum absolute atomic E-state index is 0.412. The first-order valence-electron chi connectivity index (χ1n) is 6.53. The zero-order chi connectivity index (χ0) is 15.5. The van der Waals surface area contributed by atoms with Crippen molar-refractivity contribution >= 4 is 27.8 Å². The average molecular weight is 313 g/mol. The molecule has 0 aromatic heterocycles. The summed E-state index contributed by atoms with van der Waals surface area (Å²) in [5, 5.41) is 0. The third kappa shape index (κ3) is 4.01. The Morgan fingerprint density at radius 2 is 1.90 bits per heavy atom. The third-order valence-corrected chi connectivity index (χ3v) is 3.90. The van der Waals surface area contributed by atoms with Crippen LogP contribution in [0.3, 0.4) is 0 Å². The molecule has 1 fully saturated rings. The van der Waals surface area contributed by atoms with E-state index in [0.717, 1.165) is 18.4 Å². The highest BCUT2D eigenvalue weighted by Crippen LogP contribution is 2.30. The van der Waals surface area contributed by atoms with E-state index in [1.54, 1.807) is 17.0 Å². The first-order valence-corrected chi connectivity index (χ1v) is 8.42. The Kier molecular flexibility index (Phi) is 4.56. The van der Waals surface area contributed by atoms with Crippen molar-refractivity contribution in [3.8, 4) is 5.75 Å². The Labute approximate surface area is 124 Å². The predicted octanol–water partition coefficient (Wildman–Crippen LogP) is 0.345. The number of amides is 1. The van der Waals surface area contributed by atoms with Gasteiger partial charge in [0, 0.05) is 31.9 Å². The summed E-state index contributed by atoms with van der Waals surface area (Å²) < 4.78 is 30.4. The van der Waals surface area contributed by atoms with Crippen molar-refractivity contribution in [3.05, 3.63) is 18.2 Å². The van der Waals surface area contributed by atoms with Crippen LogP contribution in [0.1, 0.15) is 0 Å². The van der Waals surface area contributed by atoms with E-state index in [9.17, 15) is 13.2 Å². The summed E-state index contributed by atoms with van der Waals surface area (Å²) in [5.74, 6) is 0.468. The van der Waals surface area contributed by atoms with Crippen molar-refractivity contribution in [2.45, 2.75) is 0 Å². The van der Waals surface area contributed by atoms with Crippen LogP contribution in [0.2, 0.25) is 0 Å². The number of nitrogens with zero attached hydrogens (tertiary/aromatic N) is 2. The van der Waals surface area contributed by atoms with Crippen molar-refractivity contribution < 1.29 is 17.9 Å². The summed E-state index contributed by atoms with van der Waals surface area (Å²) in [6.45, 7) is 2.74. The number of hydrogen-bond acceptors (Lipinski definition) is 5. The van der Waals surface area contributed by atoms with E-state index in [4.69, 9.17) is 4.74 Å². The van der Waals surface area contributed by atoms with Gasteiger partial charge in [-0.2, -0.15) is 0 Å². The number of benzene rings is 1. The highest BCUT2D eigenvalue weighted by atomic mass is 32.2. The van der Waals surface area contributed by atoms with Gasteiger partial charge in [0.05, 0.1) is 19.1 Å². The molecule has 21 heavy (non-hydrogen) atoms. The third-order valence-electron chi connectivity index (χ3n) is 3.31. The molecule has 0 saturated carbocycles. The maximum Gasteiger partial charge on any atom is 0.229 e. The minimum atomic E-state index is -3.37. The molecule has 0 unspecified atom stereocenters. The average Bonchev–Trinajstić information content (AvgIpc) is 2.45. The van der Waals surface area contributed by atoms with Crippen LogP contribution in [-0.2, 0) is 14.8 Å². The van der Waals surface area contributed by atoms with E-state index in [-0.39, 0.29) is 0 Å². The molecule has 2 rings (SSSR count). The van der Waals surface area contributed by atoms with E-state index >= 15 is 0 Å². The lowest BCUT2D eigenvalue weighted by Gasteiger charge is -2.34. The topological polar surface area (TPSA) is 79.0 Å². The van der Waals surface area contributed by atoms with Crippen LogP contribution in [0.4, 0.5) is 11.4 Å². The lowest BCUT2D eigenvalue weighted by atomic mass is 10.2. The van der Waals surface area contributed by atoms with Gasteiger partial charge in [0.1, 0.15) is 5.75 Å². The van der Waals surface area contributed by atoms with E-state index < -0.39 is 10.0 Å². The Morgan fingerprint density at radius 3 is 2.43 bits per heavy atom.